The molecule has 1 unspecified atom stereocenters. The van der Waals surface area contributed by atoms with Gasteiger partial charge in [0, 0.05) is 6.20 Å². The molecule has 1 atom stereocenters. The number of aromatic nitrogens is 1. The van der Waals surface area contributed by atoms with Crippen LogP contribution in [0.5, 0.6) is 0 Å². The number of pyridine rings is 1. The Hall–Kier alpha value is -1.67. The molecule has 0 bridgehead atoms. The van der Waals surface area contributed by atoms with Crippen molar-refractivity contribution >= 4 is 0 Å². The van der Waals surface area contributed by atoms with Gasteiger partial charge in [-0.15, -0.1) is 0 Å². The van der Waals surface area contributed by atoms with Crippen LogP contribution < -0.4 is 5.73 Å². The quantitative estimate of drug-likeness (QED) is 0.894. The van der Waals surface area contributed by atoms with E-state index in [2.05, 4.69) is 50.0 Å². The van der Waals surface area contributed by atoms with Crippen molar-refractivity contribution < 1.29 is 0 Å². The zero-order valence-electron chi connectivity index (χ0n) is 11.3. The van der Waals surface area contributed by atoms with Gasteiger partial charge in [0.1, 0.15) is 0 Å². The monoisotopic (exact) mass is 240 g/mol. The van der Waals surface area contributed by atoms with Gasteiger partial charge in [-0.2, -0.15) is 0 Å². The number of nitrogens with two attached hydrogens (primary N) is 1. The summed E-state index contributed by atoms with van der Waals surface area (Å²) in [5.74, 6) is 0. The predicted molar refractivity (Wildman–Crippen MR) is 75.6 cm³/mol. The van der Waals surface area contributed by atoms with Crippen LogP contribution in [0.4, 0.5) is 0 Å². The number of hydrogen-bond donors (Lipinski definition) is 1. The molecule has 0 spiro atoms. The maximum absolute atomic E-state index is 6.37. The second kappa shape index (κ2) is 5.32. The van der Waals surface area contributed by atoms with Gasteiger partial charge < -0.3 is 5.73 Å². The van der Waals surface area contributed by atoms with Gasteiger partial charge in [-0.1, -0.05) is 42.3 Å². The van der Waals surface area contributed by atoms with E-state index in [1.54, 1.807) is 0 Å². The third kappa shape index (κ3) is 2.59. The number of aryl methyl sites for hydroxylation is 3. The lowest BCUT2D eigenvalue weighted by Gasteiger charge is -2.16. The Morgan fingerprint density at radius 1 is 1.17 bits per heavy atom. The molecule has 0 aliphatic carbocycles. The molecule has 2 aromatic rings. The summed E-state index contributed by atoms with van der Waals surface area (Å²) in [6.45, 7) is 6.33. The van der Waals surface area contributed by atoms with Crippen molar-refractivity contribution in [1.82, 2.24) is 4.98 Å². The van der Waals surface area contributed by atoms with E-state index in [0.717, 1.165) is 17.7 Å². The van der Waals surface area contributed by atoms with Gasteiger partial charge in [0.15, 0.2) is 0 Å². The Bertz CT molecular complexity index is 526. The molecule has 0 saturated carbocycles. The minimum Gasteiger partial charge on any atom is -0.319 e. The Morgan fingerprint density at radius 2 is 1.83 bits per heavy atom. The van der Waals surface area contributed by atoms with Gasteiger partial charge in [0.25, 0.3) is 0 Å². The van der Waals surface area contributed by atoms with Crippen LogP contribution in [0.15, 0.2) is 36.5 Å². The molecule has 0 aliphatic rings. The summed E-state index contributed by atoms with van der Waals surface area (Å²) in [4.78, 5) is 4.46. The van der Waals surface area contributed by atoms with E-state index in [1.165, 1.54) is 16.7 Å². The molecular formula is C16H20N2. The Kier molecular flexibility index (Phi) is 3.78. The van der Waals surface area contributed by atoms with E-state index in [9.17, 15) is 0 Å². The second-order valence-corrected chi connectivity index (χ2v) is 4.80. The molecule has 1 aromatic carbocycles. The van der Waals surface area contributed by atoms with Crippen LogP contribution in [0.1, 0.15) is 40.9 Å². The fourth-order valence-corrected chi connectivity index (χ4v) is 2.38. The Labute approximate surface area is 109 Å². The molecule has 0 radical (unpaired) electrons. The molecule has 2 heteroatoms. The zero-order valence-corrected chi connectivity index (χ0v) is 11.3. The first kappa shape index (κ1) is 12.8. The first-order valence-electron chi connectivity index (χ1n) is 6.39. The van der Waals surface area contributed by atoms with E-state index >= 15 is 0 Å². The summed E-state index contributed by atoms with van der Waals surface area (Å²) >= 11 is 0. The van der Waals surface area contributed by atoms with Gasteiger partial charge in [-0.25, -0.2) is 0 Å². The van der Waals surface area contributed by atoms with Crippen molar-refractivity contribution in [3.8, 4) is 0 Å². The molecule has 2 nitrogen and oxygen atoms in total. The minimum absolute atomic E-state index is 0.139. The zero-order chi connectivity index (χ0) is 13.1. The minimum atomic E-state index is -0.139. The van der Waals surface area contributed by atoms with Crippen LogP contribution in [-0.2, 0) is 6.42 Å². The number of rotatable bonds is 3. The summed E-state index contributed by atoms with van der Waals surface area (Å²) < 4.78 is 0. The Morgan fingerprint density at radius 3 is 2.44 bits per heavy atom. The van der Waals surface area contributed by atoms with E-state index in [-0.39, 0.29) is 6.04 Å². The van der Waals surface area contributed by atoms with E-state index in [1.807, 2.05) is 12.3 Å². The van der Waals surface area contributed by atoms with Crippen LogP contribution >= 0.6 is 0 Å². The fraction of sp³-hybridized carbons (Fsp3) is 0.312. The molecule has 18 heavy (non-hydrogen) atoms. The summed E-state index contributed by atoms with van der Waals surface area (Å²) in [5, 5.41) is 0. The summed E-state index contributed by atoms with van der Waals surface area (Å²) in [7, 11) is 0. The van der Waals surface area contributed by atoms with Crippen LogP contribution in [0, 0.1) is 13.8 Å². The Balaban J connectivity index is 2.44. The lowest BCUT2D eigenvalue weighted by Crippen LogP contribution is -2.16. The smallest absolute Gasteiger partial charge is 0.0729 e. The molecule has 0 aliphatic heterocycles. The van der Waals surface area contributed by atoms with Crippen LogP contribution in [0.3, 0.4) is 0 Å². The SMILES string of the molecule is CCc1cccnc1C(N)c1cc(C)cc(C)c1. The topological polar surface area (TPSA) is 38.9 Å². The van der Waals surface area contributed by atoms with Gasteiger partial charge in [0.2, 0.25) is 0 Å². The lowest BCUT2D eigenvalue weighted by atomic mass is 9.96. The van der Waals surface area contributed by atoms with Crippen molar-refractivity contribution in [2.75, 3.05) is 0 Å². The largest absolute Gasteiger partial charge is 0.319 e. The first-order valence-corrected chi connectivity index (χ1v) is 6.39. The third-order valence-electron chi connectivity index (χ3n) is 3.20. The number of hydrogen-bond acceptors (Lipinski definition) is 2. The lowest BCUT2D eigenvalue weighted by molar-refractivity contribution is 0.804. The van der Waals surface area contributed by atoms with Gasteiger partial charge in [-0.05, 0) is 37.5 Å². The average Bonchev–Trinajstić information content (AvgIpc) is 2.36. The summed E-state index contributed by atoms with van der Waals surface area (Å²) in [6, 6.07) is 10.4. The van der Waals surface area contributed by atoms with Crippen LogP contribution in [0.2, 0.25) is 0 Å². The highest BCUT2D eigenvalue weighted by Gasteiger charge is 2.14. The number of nitrogens with zero attached hydrogens (tertiary/aromatic N) is 1. The van der Waals surface area contributed by atoms with E-state index in [4.69, 9.17) is 5.73 Å². The van der Waals surface area contributed by atoms with Gasteiger partial charge >= 0.3 is 0 Å². The average molecular weight is 240 g/mol. The van der Waals surface area contributed by atoms with Gasteiger partial charge in [0.05, 0.1) is 11.7 Å². The highest BCUT2D eigenvalue weighted by molar-refractivity contribution is 5.36. The van der Waals surface area contributed by atoms with Crippen molar-refractivity contribution in [3.63, 3.8) is 0 Å². The standard InChI is InChI=1S/C16H20N2/c1-4-13-6-5-7-18-16(13)15(17)14-9-11(2)8-12(3)10-14/h5-10,15H,4,17H2,1-3H3. The highest BCUT2D eigenvalue weighted by atomic mass is 14.8. The fourth-order valence-electron chi connectivity index (χ4n) is 2.38. The van der Waals surface area contributed by atoms with Crippen molar-refractivity contribution in [1.29, 1.82) is 0 Å². The molecule has 1 aromatic heterocycles. The van der Waals surface area contributed by atoms with E-state index < -0.39 is 0 Å². The van der Waals surface area contributed by atoms with Crippen molar-refractivity contribution in [2.24, 2.45) is 5.73 Å². The molecule has 2 rings (SSSR count). The first-order chi connectivity index (χ1) is 8.61. The normalized spacial score (nSPS) is 12.4. The molecule has 0 fully saturated rings. The van der Waals surface area contributed by atoms with Crippen molar-refractivity contribution in [2.45, 2.75) is 33.2 Å². The van der Waals surface area contributed by atoms with Gasteiger partial charge in [-0.3, -0.25) is 4.98 Å². The molecule has 0 amide bonds. The van der Waals surface area contributed by atoms with E-state index in [0.29, 0.717) is 0 Å². The summed E-state index contributed by atoms with van der Waals surface area (Å²) in [6.07, 6.45) is 2.78. The van der Waals surface area contributed by atoms with Crippen LogP contribution in [-0.4, -0.2) is 4.98 Å². The number of benzene rings is 1. The van der Waals surface area contributed by atoms with Crippen LogP contribution in [0.25, 0.3) is 0 Å². The van der Waals surface area contributed by atoms with Crippen molar-refractivity contribution in [3.05, 3.63) is 64.5 Å². The third-order valence-corrected chi connectivity index (χ3v) is 3.20. The maximum atomic E-state index is 6.37. The molecular weight excluding hydrogens is 220 g/mol. The molecule has 0 saturated heterocycles. The molecule has 1 heterocycles. The predicted octanol–water partition coefficient (Wildman–Crippen LogP) is 3.31. The second-order valence-electron chi connectivity index (χ2n) is 4.80. The summed E-state index contributed by atoms with van der Waals surface area (Å²) in [5.41, 5.74) is 12.2. The molecule has 94 valence electrons. The molecule has 2 N–H and O–H groups in total. The highest BCUT2D eigenvalue weighted by Crippen LogP contribution is 2.23. The maximum Gasteiger partial charge on any atom is 0.0729 e.